The maximum atomic E-state index is 14.1. The van der Waals surface area contributed by atoms with E-state index in [1.165, 1.54) is 23.7 Å². The molecule has 3 aromatic rings. The molecular weight excluding hydrogens is 470 g/mol. The summed E-state index contributed by atoms with van der Waals surface area (Å²) in [7, 11) is 1.60. The number of fused-ring (bicyclic) bond motifs is 4. The fraction of sp³-hybridized carbons (Fsp3) is 0.414. The predicted octanol–water partition coefficient (Wildman–Crippen LogP) is 5.82. The highest BCUT2D eigenvalue weighted by Gasteiger charge is 2.43. The van der Waals surface area contributed by atoms with Crippen LogP contribution < -0.4 is 15.6 Å². The molecule has 1 N–H and O–H groups in total. The number of benzene rings is 2. The maximum absolute atomic E-state index is 14.1. The molecule has 0 atom stereocenters. The normalized spacial score (nSPS) is 15.7. The molecule has 0 radical (unpaired) electrons. The van der Waals surface area contributed by atoms with Crippen LogP contribution in [-0.2, 0) is 23.2 Å². The highest BCUT2D eigenvalue weighted by molar-refractivity contribution is 7.99. The largest absolute Gasteiger partial charge is 0.497 e. The van der Waals surface area contributed by atoms with Crippen molar-refractivity contribution in [2.75, 3.05) is 18.2 Å². The lowest BCUT2D eigenvalue weighted by Gasteiger charge is -2.42. The van der Waals surface area contributed by atoms with Gasteiger partial charge in [0.15, 0.2) is 5.16 Å². The Kier molecular flexibility index (Phi) is 7.19. The molecule has 2 aliphatic rings. The minimum absolute atomic E-state index is 0.0777. The Hall–Kier alpha value is -3.06. The quantitative estimate of drug-likeness (QED) is 0.325. The molecule has 1 spiro atoms. The summed E-state index contributed by atoms with van der Waals surface area (Å²) in [6, 6.07) is 15.7. The first-order valence-corrected chi connectivity index (χ1v) is 13.8. The van der Waals surface area contributed by atoms with Crippen LogP contribution in [-0.4, -0.2) is 28.3 Å². The third-order valence-electron chi connectivity index (χ3n) is 7.41. The number of hydrogen-bond donors (Lipinski definition) is 1. The summed E-state index contributed by atoms with van der Waals surface area (Å²) < 4.78 is 7.06. The van der Waals surface area contributed by atoms with E-state index in [0.29, 0.717) is 23.1 Å². The number of carbonyl (C=O) groups is 1. The number of ether oxygens (including phenoxy) is 1. The number of thioether (sulfide) groups is 1. The number of aromatic nitrogens is 2. The Morgan fingerprint density at radius 3 is 2.72 bits per heavy atom. The Labute approximate surface area is 216 Å². The van der Waals surface area contributed by atoms with Gasteiger partial charge in [0, 0.05) is 29.3 Å². The Balaban J connectivity index is 1.50. The molecule has 0 bridgehead atoms. The number of hydrogen-bond acceptors (Lipinski definition) is 5. The van der Waals surface area contributed by atoms with E-state index < -0.39 is 0 Å². The van der Waals surface area contributed by atoms with Gasteiger partial charge in [-0.05, 0) is 43.4 Å². The monoisotopic (exact) mass is 503 g/mol. The van der Waals surface area contributed by atoms with Crippen molar-refractivity contribution in [1.82, 2.24) is 9.55 Å². The van der Waals surface area contributed by atoms with Gasteiger partial charge in [-0.25, -0.2) is 4.98 Å². The van der Waals surface area contributed by atoms with E-state index in [0.717, 1.165) is 55.3 Å². The lowest BCUT2D eigenvalue weighted by Crippen LogP contribution is -2.43. The minimum Gasteiger partial charge on any atom is -0.497 e. The van der Waals surface area contributed by atoms with Crippen LogP contribution in [0, 0.1) is 0 Å². The molecule has 1 aromatic heterocycles. The molecule has 0 aliphatic heterocycles. The van der Waals surface area contributed by atoms with Crippen molar-refractivity contribution in [3.63, 3.8) is 0 Å². The lowest BCUT2D eigenvalue weighted by atomic mass is 9.62. The second-order valence-corrected chi connectivity index (χ2v) is 10.8. The average molecular weight is 504 g/mol. The molecule has 36 heavy (non-hydrogen) atoms. The van der Waals surface area contributed by atoms with Gasteiger partial charge >= 0.3 is 0 Å². The summed E-state index contributed by atoms with van der Waals surface area (Å²) in [5.41, 5.74) is 4.69. The Bertz CT molecular complexity index is 1330. The van der Waals surface area contributed by atoms with Gasteiger partial charge in [0.25, 0.3) is 5.56 Å². The number of amides is 1. The molecule has 6 nitrogen and oxygen atoms in total. The molecule has 0 unspecified atom stereocenters. The number of nitrogens with one attached hydrogen (secondary N) is 1. The first-order valence-electron chi connectivity index (χ1n) is 12.8. The smallest absolute Gasteiger partial charge is 0.258 e. The third-order valence-corrected chi connectivity index (χ3v) is 8.39. The van der Waals surface area contributed by atoms with E-state index in [1.54, 1.807) is 13.2 Å². The fourth-order valence-corrected chi connectivity index (χ4v) is 6.60. The molecule has 188 valence electrons. The van der Waals surface area contributed by atoms with Crippen LogP contribution in [0.25, 0.3) is 11.3 Å². The molecule has 2 aromatic carbocycles. The van der Waals surface area contributed by atoms with Crippen molar-refractivity contribution in [2.24, 2.45) is 0 Å². The van der Waals surface area contributed by atoms with Gasteiger partial charge in [-0.2, -0.15) is 0 Å². The second kappa shape index (κ2) is 10.5. The van der Waals surface area contributed by atoms with Crippen molar-refractivity contribution < 1.29 is 9.53 Å². The van der Waals surface area contributed by atoms with E-state index in [1.807, 2.05) is 28.8 Å². The van der Waals surface area contributed by atoms with Gasteiger partial charge in [-0.1, -0.05) is 68.3 Å². The number of carbonyl (C=O) groups excluding carboxylic acids is 1. The van der Waals surface area contributed by atoms with Crippen LogP contribution in [0.2, 0.25) is 0 Å². The van der Waals surface area contributed by atoms with Crippen molar-refractivity contribution >= 4 is 23.4 Å². The molecule has 1 saturated carbocycles. The highest BCUT2D eigenvalue weighted by atomic mass is 32.2. The van der Waals surface area contributed by atoms with Gasteiger partial charge in [0.1, 0.15) is 5.75 Å². The Morgan fingerprint density at radius 1 is 1.14 bits per heavy atom. The van der Waals surface area contributed by atoms with E-state index in [4.69, 9.17) is 9.72 Å². The van der Waals surface area contributed by atoms with Crippen LogP contribution in [0.5, 0.6) is 5.75 Å². The van der Waals surface area contributed by atoms with Crippen molar-refractivity contribution in [1.29, 1.82) is 0 Å². The van der Waals surface area contributed by atoms with Crippen LogP contribution in [0.3, 0.4) is 0 Å². The molecule has 7 heteroatoms. The SMILES string of the molecule is CCCn1c(SCC(=O)Nc2cccc(OC)c2)nc2c(c1=O)C1(CCCCC1)Cc1ccccc1-2. The van der Waals surface area contributed by atoms with Crippen molar-refractivity contribution in [2.45, 2.75) is 69.0 Å². The molecular formula is C29H33N3O3S. The minimum atomic E-state index is -0.146. The summed E-state index contributed by atoms with van der Waals surface area (Å²) in [6.07, 6.45) is 7.33. The van der Waals surface area contributed by atoms with Gasteiger partial charge in [0.05, 0.1) is 24.1 Å². The van der Waals surface area contributed by atoms with Crippen LogP contribution in [0.15, 0.2) is 58.5 Å². The van der Waals surface area contributed by atoms with Crippen LogP contribution in [0.4, 0.5) is 5.69 Å². The molecule has 5 rings (SSSR count). The topological polar surface area (TPSA) is 73.2 Å². The zero-order valence-electron chi connectivity index (χ0n) is 21.0. The zero-order chi connectivity index (χ0) is 25.1. The molecule has 2 aliphatic carbocycles. The molecule has 1 fully saturated rings. The zero-order valence-corrected chi connectivity index (χ0v) is 21.8. The molecule has 1 amide bonds. The first kappa shape index (κ1) is 24.6. The highest BCUT2D eigenvalue weighted by Crippen LogP contribution is 2.48. The lowest BCUT2D eigenvalue weighted by molar-refractivity contribution is -0.113. The number of nitrogens with zero attached hydrogens (tertiary/aromatic N) is 2. The summed E-state index contributed by atoms with van der Waals surface area (Å²) >= 11 is 1.33. The summed E-state index contributed by atoms with van der Waals surface area (Å²) in [6.45, 7) is 2.66. The fourth-order valence-electron chi connectivity index (χ4n) is 5.78. The van der Waals surface area contributed by atoms with Crippen molar-refractivity contribution in [3.05, 3.63) is 70.0 Å². The maximum Gasteiger partial charge on any atom is 0.258 e. The van der Waals surface area contributed by atoms with E-state index in [2.05, 4.69) is 30.4 Å². The number of methoxy groups -OCH3 is 1. The number of rotatable bonds is 7. The van der Waals surface area contributed by atoms with Crippen molar-refractivity contribution in [3.8, 4) is 17.0 Å². The molecule has 0 saturated heterocycles. The number of anilines is 1. The van der Waals surface area contributed by atoms with Gasteiger partial charge < -0.3 is 10.1 Å². The van der Waals surface area contributed by atoms with E-state index in [9.17, 15) is 9.59 Å². The van der Waals surface area contributed by atoms with Crippen LogP contribution in [0.1, 0.15) is 56.6 Å². The van der Waals surface area contributed by atoms with Gasteiger partial charge in [0.2, 0.25) is 5.91 Å². The van der Waals surface area contributed by atoms with E-state index >= 15 is 0 Å². The van der Waals surface area contributed by atoms with Gasteiger partial charge in [-0.15, -0.1) is 0 Å². The second-order valence-electron chi connectivity index (χ2n) is 9.82. The van der Waals surface area contributed by atoms with E-state index in [-0.39, 0.29) is 22.6 Å². The predicted molar refractivity (Wildman–Crippen MR) is 145 cm³/mol. The summed E-state index contributed by atoms with van der Waals surface area (Å²) in [4.78, 5) is 32.0. The standard InChI is InChI=1S/C29H33N3O3S/c1-3-16-32-27(34)25-26(23-13-6-5-10-20(23)18-29(25)14-7-4-8-15-29)31-28(32)36-19-24(33)30-21-11-9-12-22(17-21)35-2/h5-6,9-13,17H,3-4,7-8,14-16,18-19H2,1-2H3,(H,30,33). The Morgan fingerprint density at radius 2 is 1.94 bits per heavy atom. The first-order chi connectivity index (χ1) is 17.5. The average Bonchev–Trinajstić information content (AvgIpc) is 2.89. The third kappa shape index (κ3) is 4.69. The van der Waals surface area contributed by atoms with Crippen LogP contribution >= 0.6 is 11.8 Å². The summed E-state index contributed by atoms with van der Waals surface area (Å²) in [5.74, 6) is 0.704. The van der Waals surface area contributed by atoms with Gasteiger partial charge in [-0.3, -0.25) is 14.2 Å². The summed E-state index contributed by atoms with van der Waals surface area (Å²) in [5, 5.41) is 3.54. The molecule has 1 heterocycles.